The Morgan fingerprint density at radius 2 is 2.00 bits per heavy atom. The number of hydrogen-bond donors (Lipinski definition) is 0. The highest BCUT2D eigenvalue weighted by atomic mass is 32.2. The predicted octanol–water partition coefficient (Wildman–Crippen LogP) is 0.894. The van der Waals surface area contributed by atoms with E-state index >= 15 is 0 Å². The average Bonchev–Trinajstić information content (AvgIpc) is 2.35. The molecule has 2 rings (SSSR count). The fraction of sp³-hybridized carbons (Fsp3) is 0.455. The molecule has 1 saturated heterocycles. The molecule has 1 aliphatic heterocycles. The summed E-state index contributed by atoms with van der Waals surface area (Å²) in [5.74, 6) is -1.07. The number of halogens is 3. The lowest BCUT2D eigenvalue weighted by atomic mass is 10.0. The van der Waals surface area contributed by atoms with E-state index in [1.165, 1.54) is 7.11 Å². The largest absolute Gasteiger partial charge is 0.469 e. The molecule has 1 aliphatic rings. The molecule has 0 aromatic carbocycles. The molecule has 116 valence electrons. The lowest BCUT2D eigenvalue weighted by Gasteiger charge is -2.35. The second-order valence-corrected chi connectivity index (χ2v) is 6.36. The van der Waals surface area contributed by atoms with Crippen molar-refractivity contribution < 1.29 is 31.1 Å². The molecule has 0 spiro atoms. The van der Waals surface area contributed by atoms with E-state index in [0.717, 1.165) is 10.4 Å². The lowest BCUT2D eigenvalue weighted by molar-refractivity contribution is -0.149. The Labute approximate surface area is 118 Å². The molecular formula is C11H11F3N2O4S. The summed E-state index contributed by atoms with van der Waals surface area (Å²) in [6.07, 6.45) is -3.97. The van der Waals surface area contributed by atoms with Crippen LogP contribution in [-0.4, -0.2) is 43.9 Å². The Morgan fingerprint density at radius 1 is 1.38 bits per heavy atom. The zero-order valence-electron chi connectivity index (χ0n) is 10.8. The Kier molecular flexibility index (Phi) is 3.93. The van der Waals surface area contributed by atoms with Gasteiger partial charge in [-0.3, -0.25) is 9.78 Å². The van der Waals surface area contributed by atoms with Crippen molar-refractivity contribution in [2.75, 3.05) is 20.2 Å². The van der Waals surface area contributed by atoms with E-state index in [4.69, 9.17) is 0 Å². The maximum absolute atomic E-state index is 12.4. The van der Waals surface area contributed by atoms with Crippen LogP contribution in [0.15, 0.2) is 23.2 Å². The molecule has 0 unspecified atom stereocenters. The summed E-state index contributed by atoms with van der Waals surface area (Å²) in [6, 6.07) is 1.45. The first kappa shape index (κ1) is 15.7. The summed E-state index contributed by atoms with van der Waals surface area (Å²) in [7, 11) is -2.75. The van der Waals surface area contributed by atoms with Crippen LogP contribution in [0.2, 0.25) is 0 Å². The van der Waals surface area contributed by atoms with Crippen molar-refractivity contribution in [3.63, 3.8) is 0 Å². The highest BCUT2D eigenvalue weighted by molar-refractivity contribution is 7.89. The third kappa shape index (κ3) is 3.00. The normalized spacial score (nSPS) is 17.3. The maximum Gasteiger partial charge on any atom is 0.433 e. The topological polar surface area (TPSA) is 76.6 Å². The summed E-state index contributed by atoms with van der Waals surface area (Å²) in [5.41, 5.74) is -1.17. The predicted molar refractivity (Wildman–Crippen MR) is 63.5 cm³/mol. The zero-order chi connectivity index (χ0) is 15.8. The quantitative estimate of drug-likeness (QED) is 0.772. The van der Waals surface area contributed by atoms with Gasteiger partial charge in [-0.2, -0.15) is 17.5 Å². The van der Waals surface area contributed by atoms with Gasteiger partial charge in [0.2, 0.25) is 10.0 Å². The Bertz CT molecular complexity index is 636. The summed E-state index contributed by atoms with van der Waals surface area (Å²) < 4.78 is 66.7. The first-order valence-electron chi connectivity index (χ1n) is 5.77. The number of alkyl halides is 3. The van der Waals surface area contributed by atoms with E-state index in [9.17, 15) is 26.4 Å². The van der Waals surface area contributed by atoms with E-state index in [1.807, 2.05) is 0 Å². The van der Waals surface area contributed by atoms with Crippen molar-refractivity contribution in [3.8, 4) is 0 Å². The minimum atomic E-state index is -4.63. The molecule has 1 aromatic heterocycles. The van der Waals surface area contributed by atoms with Crippen LogP contribution in [0.3, 0.4) is 0 Å². The highest BCUT2D eigenvalue weighted by Crippen LogP contribution is 2.29. The van der Waals surface area contributed by atoms with Gasteiger partial charge in [0.05, 0.1) is 13.0 Å². The summed E-state index contributed by atoms with van der Waals surface area (Å²) in [5, 5.41) is 0. The van der Waals surface area contributed by atoms with Crippen LogP contribution in [0.1, 0.15) is 5.69 Å². The first-order valence-corrected chi connectivity index (χ1v) is 7.21. The van der Waals surface area contributed by atoms with Gasteiger partial charge in [-0.15, -0.1) is 0 Å². The average molecular weight is 324 g/mol. The number of carbonyl (C=O) groups is 1. The van der Waals surface area contributed by atoms with Crippen molar-refractivity contribution in [3.05, 3.63) is 24.0 Å². The van der Waals surface area contributed by atoms with Crippen LogP contribution in [0.25, 0.3) is 0 Å². The molecule has 0 bridgehead atoms. The van der Waals surface area contributed by atoms with Gasteiger partial charge in [0.15, 0.2) is 0 Å². The van der Waals surface area contributed by atoms with Gasteiger partial charge in [0.25, 0.3) is 0 Å². The SMILES string of the molecule is COC(=O)C1CN(S(=O)(=O)c2ccc(C(F)(F)F)nc2)C1. The van der Waals surface area contributed by atoms with Crippen molar-refractivity contribution in [2.45, 2.75) is 11.1 Å². The van der Waals surface area contributed by atoms with Crippen LogP contribution in [-0.2, 0) is 25.7 Å². The smallest absolute Gasteiger partial charge is 0.433 e. The highest BCUT2D eigenvalue weighted by Gasteiger charge is 2.41. The van der Waals surface area contributed by atoms with Crippen LogP contribution >= 0.6 is 0 Å². The summed E-state index contributed by atoms with van der Waals surface area (Å²) in [6.45, 7) is -0.119. The first-order chi connectivity index (χ1) is 9.66. The van der Waals surface area contributed by atoms with E-state index in [1.54, 1.807) is 0 Å². The summed E-state index contributed by atoms with van der Waals surface area (Å²) in [4.78, 5) is 13.9. The molecule has 1 aromatic rings. The number of esters is 1. The third-order valence-electron chi connectivity index (χ3n) is 3.05. The number of nitrogens with zero attached hydrogens (tertiary/aromatic N) is 2. The van der Waals surface area contributed by atoms with Gasteiger partial charge in [0.1, 0.15) is 10.6 Å². The number of hydrogen-bond acceptors (Lipinski definition) is 5. The van der Waals surface area contributed by atoms with Gasteiger partial charge in [-0.25, -0.2) is 8.42 Å². The number of carbonyl (C=O) groups excluding carboxylic acids is 1. The number of aromatic nitrogens is 1. The third-order valence-corrected chi connectivity index (χ3v) is 4.86. The number of sulfonamides is 1. The molecule has 2 heterocycles. The molecule has 6 nitrogen and oxygen atoms in total. The second-order valence-electron chi connectivity index (χ2n) is 4.42. The van der Waals surface area contributed by atoms with Crippen LogP contribution in [0, 0.1) is 5.92 Å². The van der Waals surface area contributed by atoms with Crippen molar-refractivity contribution in [2.24, 2.45) is 5.92 Å². The second kappa shape index (κ2) is 5.26. The van der Waals surface area contributed by atoms with Crippen LogP contribution in [0.5, 0.6) is 0 Å². The molecule has 0 radical (unpaired) electrons. The van der Waals surface area contributed by atoms with E-state index in [0.29, 0.717) is 12.3 Å². The van der Waals surface area contributed by atoms with Gasteiger partial charge < -0.3 is 4.74 Å². The Hall–Kier alpha value is -1.68. The Morgan fingerprint density at radius 3 is 2.43 bits per heavy atom. The van der Waals surface area contributed by atoms with Crippen molar-refractivity contribution in [1.82, 2.24) is 9.29 Å². The number of pyridine rings is 1. The molecule has 0 N–H and O–H groups in total. The molecule has 0 atom stereocenters. The molecule has 0 amide bonds. The number of ether oxygens (including phenoxy) is 1. The minimum absolute atomic E-state index is 0.0595. The van der Waals surface area contributed by atoms with E-state index in [2.05, 4.69) is 9.72 Å². The van der Waals surface area contributed by atoms with Gasteiger partial charge in [-0.05, 0) is 12.1 Å². The zero-order valence-corrected chi connectivity index (χ0v) is 11.6. The van der Waals surface area contributed by atoms with Gasteiger partial charge >= 0.3 is 12.1 Å². The van der Waals surface area contributed by atoms with Crippen LogP contribution < -0.4 is 0 Å². The fourth-order valence-corrected chi connectivity index (χ4v) is 3.28. The molecule has 0 aliphatic carbocycles. The molecule has 10 heteroatoms. The Balaban J connectivity index is 2.13. The van der Waals surface area contributed by atoms with Crippen molar-refractivity contribution >= 4 is 16.0 Å². The van der Waals surface area contributed by atoms with Crippen molar-refractivity contribution in [1.29, 1.82) is 0 Å². The summed E-state index contributed by atoms with van der Waals surface area (Å²) >= 11 is 0. The number of methoxy groups -OCH3 is 1. The molecule has 1 fully saturated rings. The maximum atomic E-state index is 12.4. The van der Waals surface area contributed by atoms with E-state index < -0.39 is 33.8 Å². The van der Waals surface area contributed by atoms with E-state index in [-0.39, 0.29) is 18.0 Å². The fourth-order valence-electron chi connectivity index (χ4n) is 1.80. The van der Waals surface area contributed by atoms with Gasteiger partial charge in [-0.1, -0.05) is 0 Å². The minimum Gasteiger partial charge on any atom is -0.469 e. The lowest BCUT2D eigenvalue weighted by Crippen LogP contribution is -2.53. The monoisotopic (exact) mass is 324 g/mol. The molecule has 21 heavy (non-hydrogen) atoms. The van der Waals surface area contributed by atoms with Crippen LogP contribution in [0.4, 0.5) is 13.2 Å². The standard InChI is InChI=1S/C11H11F3N2O4S/c1-20-10(17)7-5-16(6-7)21(18,19)8-2-3-9(15-4-8)11(12,13)14/h2-4,7H,5-6H2,1H3. The van der Waals surface area contributed by atoms with Gasteiger partial charge in [0, 0.05) is 19.3 Å². The molecule has 0 saturated carbocycles. The molecular weight excluding hydrogens is 313 g/mol. The number of rotatable bonds is 3.